The Balaban J connectivity index is 2.70. The molecule has 4 unspecified atom stereocenters. The normalized spacial score (nSPS) is 22.0. The van der Waals surface area contributed by atoms with Gasteiger partial charge in [0.1, 0.15) is 0 Å². The van der Waals surface area contributed by atoms with E-state index in [0.717, 1.165) is 31.9 Å². The molecule has 4 nitrogen and oxygen atoms in total. The maximum absolute atomic E-state index is 12.7. The Hall–Kier alpha value is -1.02. The highest BCUT2D eigenvalue weighted by atomic mass is 16.5. The number of carbonyl (C=O) groups is 1. The van der Waals surface area contributed by atoms with E-state index < -0.39 is 0 Å². The van der Waals surface area contributed by atoms with Crippen LogP contribution in [0.25, 0.3) is 0 Å². The van der Waals surface area contributed by atoms with Gasteiger partial charge in [-0.2, -0.15) is 0 Å². The molecule has 1 rings (SSSR count). The number of nitrogens with zero attached hydrogens (tertiary/aromatic N) is 2. The molecule has 1 fully saturated rings. The van der Waals surface area contributed by atoms with Crippen molar-refractivity contribution in [1.29, 1.82) is 5.26 Å². The fourth-order valence-corrected chi connectivity index (χ4v) is 3.72. The predicted molar refractivity (Wildman–Crippen MR) is 90.8 cm³/mol. The van der Waals surface area contributed by atoms with Gasteiger partial charge in [-0.1, -0.05) is 46.3 Å². The lowest BCUT2D eigenvalue weighted by atomic mass is 9.50. The Morgan fingerprint density at radius 2 is 2.14 bits per heavy atom. The van der Waals surface area contributed by atoms with Crippen LogP contribution < -0.4 is 0 Å². The molecular weight excluding hydrogens is 275 g/mol. The highest BCUT2D eigenvalue weighted by molar-refractivity contribution is 6.67. The van der Waals surface area contributed by atoms with Crippen molar-refractivity contribution in [3.8, 4) is 5.97 Å². The number of nitriles is 1. The van der Waals surface area contributed by atoms with Crippen LogP contribution in [0.1, 0.15) is 46.5 Å². The van der Waals surface area contributed by atoms with Crippen molar-refractivity contribution in [3.05, 3.63) is 0 Å². The number of amides is 1. The summed E-state index contributed by atoms with van der Waals surface area (Å²) in [7, 11) is 3.65. The standard InChI is InChI=1S/C17H31BN2O2/c1-6-13(3)17(15(7-2)22-5)20(4)16(21)10-14-8-9-18(11-14)12-19/h13-15,17H,6-11H2,1-5H3. The minimum Gasteiger partial charge on any atom is -0.379 e. The molecule has 0 aromatic carbocycles. The molecule has 0 N–H and O–H groups in total. The minimum absolute atomic E-state index is 0.0827. The summed E-state index contributed by atoms with van der Waals surface area (Å²) in [6.45, 7) is 6.61. The third kappa shape index (κ3) is 4.74. The summed E-state index contributed by atoms with van der Waals surface area (Å²) >= 11 is 0. The Morgan fingerprint density at radius 1 is 1.45 bits per heavy atom. The summed E-state index contributed by atoms with van der Waals surface area (Å²) in [5.41, 5.74) is 0. The Morgan fingerprint density at radius 3 is 2.59 bits per heavy atom. The fourth-order valence-electron chi connectivity index (χ4n) is 3.72. The summed E-state index contributed by atoms with van der Waals surface area (Å²) < 4.78 is 5.62. The average molecular weight is 306 g/mol. The molecule has 0 aliphatic carbocycles. The van der Waals surface area contributed by atoms with Crippen LogP contribution in [0, 0.1) is 23.1 Å². The van der Waals surface area contributed by atoms with Crippen molar-refractivity contribution < 1.29 is 9.53 Å². The molecule has 124 valence electrons. The van der Waals surface area contributed by atoms with Crippen LogP contribution in [0.4, 0.5) is 0 Å². The highest BCUT2D eigenvalue weighted by Gasteiger charge is 2.34. The Kier molecular flexibility index (Phi) is 7.96. The number of hydrogen-bond donors (Lipinski definition) is 0. The van der Waals surface area contributed by atoms with E-state index in [4.69, 9.17) is 10.00 Å². The number of likely N-dealkylation sites (N-methyl/N-ethyl adjacent to an activating group) is 1. The molecule has 22 heavy (non-hydrogen) atoms. The maximum atomic E-state index is 12.7. The molecule has 4 atom stereocenters. The zero-order valence-corrected chi connectivity index (χ0v) is 14.8. The third-order valence-corrected chi connectivity index (χ3v) is 5.34. The first-order valence-corrected chi connectivity index (χ1v) is 8.66. The van der Waals surface area contributed by atoms with Crippen LogP contribution in [0.15, 0.2) is 0 Å². The van der Waals surface area contributed by atoms with Crippen LogP contribution in [0.5, 0.6) is 0 Å². The molecule has 0 spiro atoms. The van der Waals surface area contributed by atoms with Gasteiger partial charge in [-0.15, -0.1) is 0 Å². The SMILES string of the molecule is CCC(C)C(C(CC)OC)N(C)C(=O)CC1CCB(C#N)C1. The molecular formula is C17H31BN2O2. The van der Waals surface area contributed by atoms with Crippen molar-refractivity contribution >= 4 is 12.6 Å². The van der Waals surface area contributed by atoms with Crippen LogP contribution in [0.2, 0.25) is 12.6 Å². The first-order chi connectivity index (χ1) is 10.5. The van der Waals surface area contributed by atoms with Gasteiger partial charge in [-0.3, -0.25) is 4.79 Å². The monoisotopic (exact) mass is 306 g/mol. The van der Waals surface area contributed by atoms with Gasteiger partial charge < -0.3 is 9.64 Å². The molecule has 5 heteroatoms. The van der Waals surface area contributed by atoms with Gasteiger partial charge in [-0.25, -0.2) is 5.26 Å². The van der Waals surface area contributed by atoms with Crippen LogP contribution >= 0.6 is 0 Å². The first-order valence-electron chi connectivity index (χ1n) is 8.66. The van der Waals surface area contributed by atoms with Gasteiger partial charge >= 0.3 is 0 Å². The molecule has 1 saturated heterocycles. The average Bonchev–Trinajstić information content (AvgIpc) is 2.98. The molecule has 1 heterocycles. The quantitative estimate of drug-likeness (QED) is 0.647. The maximum Gasteiger partial charge on any atom is 0.268 e. The second-order valence-corrected chi connectivity index (χ2v) is 6.77. The number of rotatable bonds is 8. The minimum atomic E-state index is 0.0827. The molecule has 0 radical (unpaired) electrons. The van der Waals surface area contributed by atoms with E-state index in [1.165, 1.54) is 0 Å². The second-order valence-electron chi connectivity index (χ2n) is 6.77. The third-order valence-electron chi connectivity index (χ3n) is 5.34. The second kappa shape index (κ2) is 9.20. The molecule has 1 aliphatic heterocycles. The summed E-state index contributed by atoms with van der Waals surface area (Å²) in [5.74, 6) is 3.32. The lowest BCUT2D eigenvalue weighted by Gasteiger charge is -2.38. The van der Waals surface area contributed by atoms with E-state index in [1.54, 1.807) is 7.11 Å². The van der Waals surface area contributed by atoms with Gasteiger partial charge in [0.15, 0.2) is 0 Å². The zero-order chi connectivity index (χ0) is 16.7. The van der Waals surface area contributed by atoms with Gasteiger partial charge in [0.2, 0.25) is 5.91 Å². The van der Waals surface area contributed by atoms with Crippen LogP contribution in [0.3, 0.4) is 0 Å². The van der Waals surface area contributed by atoms with Gasteiger partial charge in [0.25, 0.3) is 6.71 Å². The lowest BCUT2D eigenvalue weighted by molar-refractivity contribution is -0.137. The number of ether oxygens (including phenoxy) is 1. The number of carbonyl (C=O) groups excluding carboxylic acids is 1. The van der Waals surface area contributed by atoms with Crippen LogP contribution in [-0.4, -0.2) is 43.8 Å². The van der Waals surface area contributed by atoms with Crippen molar-refractivity contribution in [2.75, 3.05) is 14.2 Å². The summed E-state index contributed by atoms with van der Waals surface area (Å²) in [6.07, 6.45) is 5.42. The molecule has 1 aliphatic rings. The fraction of sp³-hybridized carbons (Fsp3) is 0.882. The number of methoxy groups -OCH3 is 1. The molecule has 0 aromatic heterocycles. The molecule has 0 bridgehead atoms. The predicted octanol–water partition coefficient (Wildman–Crippen LogP) is 3.25. The molecule has 0 saturated carbocycles. The van der Waals surface area contributed by atoms with Gasteiger partial charge in [-0.05, 0) is 18.3 Å². The smallest absolute Gasteiger partial charge is 0.268 e. The summed E-state index contributed by atoms with van der Waals surface area (Å²) in [4.78, 5) is 14.6. The van der Waals surface area contributed by atoms with Crippen molar-refractivity contribution in [2.24, 2.45) is 11.8 Å². The van der Waals surface area contributed by atoms with Crippen LogP contribution in [-0.2, 0) is 9.53 Å². The number of hydrogen-bond acceptors (Lipinski definition) is 3. The largest absolute Gasteiger partial charge is 0.379 e. The first kappa shape index (κ1) is 19.0. The van der Waals surface area contributed by atoms with Crippen molar-refractivity contribution in [3.63, 3.8) is 0 Å². The molecule has 0 aromatic rings. The zero-order valence-electron chi connectivity index (χ0n) is 14.8. The van der Waals surface area contributed by atoms with E-state index in [2.05, 4.69) is 26.7 Å². The van der Waals surface area contributed by atoms with E-state index >= 15 is 0 Å². The van der Waals surface area contributed by atoms with Crippen molar-refractivity contribution in [1.82, 2.24) is 4.90 Å². The Labute approximate surface area is 136 Å². The Bertz CT molecular complexity index is 393. The topological polar surface area (TPSA) is 53.3 Å². The lowest BCUT2D eigenvalue weighted by Crippen LogP contribution is -2.49. The molecule has 1 amide bonds. The van der Waals surface area contributed by atoms with Gasteiger partial charge in [0, 0.05) is 26.5 Å². The van der Waals surface area contributed by atoms with E-state index in [1.807, 2.05) is 11.9 Å². The highest BCUT2D eigenvalue weighted by Crippen LogP contribution is 2.30. The van der Waals surface area contributed by atoms with E-state index in [-0.39, 0.29) is 24.8 Å². The van der Waals surface area contributed by atoms with E-state index in [0.29, 0.717) is 18.3 Å². The van der Waals surface area contributed by atoms with Gasteiger partial charge in [0.05, 0.1) is 12.1 Å². The summed E-state index contributed by atoms with van der Waals surface area (Å²) in [6, 6.07) is 0.126. The van der Waals surface area contributed by atoms with Crippen molar-refractivity contribution in [2.45, 2.75) is 71.2 Å². The summed E-state index contributed by atoms with van der Waals surface area (Å²) in [5, 5.41) is 8.99. The van der Waals surface area contributed by atoms with E-state index in [9.17, 15) is 4.79 Å².